The summed E-state index contributed by atoms with van der Waals surface area (Å²) in [7, 11) is 2.17. The van der Waals surface area contributed by atoms with Gasteiger partial charge in [-0.2, -0.15) is 0 Å². The Bertz CT molecular complexity index is 1190. The third-order valence-electron chi connectivity index (χ3n) is 6.75. The van der Waals surface area contributed by atoms with E-state index in [4.69, 9.17) is 5.73 Å². The minimum absolute atomic E-state index is 0.294. The van der Waals surface area contributed by atoms with E-state index < -0.39 is 0 Å². The van der Waals surface area contributed by atoms with Crippen LogP contribution in [0.3, 0.4) is 0 Å². The van der Waals surface area contributed by atoms with E-state index in [9.17, 15) is 4.79 Å². The summed E-state index contributed by atoms with van der Waals surface area (Å²) >= 11 is 0. The molecule has 6 heteroatoms. The number of aromatic amines is 1. The number of rotatable bonds is 4. The number of aromatic nitrogens is 2. The number of aryl methyl sites for hydroxylation is 1. The van der Waals surface area contributed by atoms with Crippen LogP contribution in [0.2, 0.25) is 0 Å². The number of primary amides is 1. The van der Waals surface area contributed by atoms with Gasteiger partial charge in [0, 0.05) is 60.1 Å². The molecule has 1 saturated heterocycles. The van der Waals surface area contributed by atoms with Crippen molar-refractivity contribution in [2.45, 2.75) is 12.3 Å². The molecule has 0 unspecified atom stereocenters. The molecular formula is C25H29N5O. The SMILES string of the molecule is Cc1ccc2c(n1)[nH]c1ccc(C3(CN4CCN(C)CC4)C=CC(C(N)=O)C=C3)cc12. The monoisotopic (exact) mass is 415 g/mol. The van der Waals surface area contributed by atoms with Gasteiger partial charge in [0.25, 0.3) is 0 Å². The lowest BCUT2D eigenvalue weighted by molar-refractivity contribution is -0.119. The fourth-order valence-corrected chi connectivity index (χ4v) is 4.79. The number of nitrogens with zero attached hydrogens (tertiary/aromatic N) is 3. The maximum atomic E-state index is 11.7. The number of nitrogens with two attached hydrogens (primary N) is 1. The lowest BCUT2D eigenvalue weighted by atomic mass is 9.75. The number of hydrogen-bond donors (Lipinski definition) is 2. The molecule has 1 aliphatic heterocycles. The summed E-state index contributed by atoms with van der Waals surface area (Å²) in [5.41, 5.74) is 9.49. The van der Waals surface area contributed by atoms with E-state index in [0.717, 1.165) is 55.0 Å². The van der Waals surface area contributed by atoms with Crippen molar-refractivity contribution in [3.05, 3.63) is 65.9 Å². The van der Waals surface area contributed by atoms with E-state index in [1.165, 1.54) is 10.9 Å². The van der Waals surface area contributed by atoms with Crippen LogP contribution in [0.15, 0.2) is 54.6 Å². The molecule has 160 valence electrons. The van der Waals surface area contributed by atoms with Crippen molar-refractivity contribution in [2.75, 3.05) is 39.8 Å². The fraction of sp³-hybridized carbons (Fsp3) is 0.360. The number of amides is 1. The van der Waals surface area contributed by atoms with Gasteiger partial charge in [-0.05, 0) is 43.8 Å². The van der Waals surface area contributed by atoms with Gasteiger partial charge in [-0.1, -0.05) is 30.4 Å². The van der Waals surface area contributed by atoms with Crippen molar-refractivity contribution in [3.8, 4) is 0 Å². The minimum atomic E-state index is -0.343. The highest BCUT2D eigenvalue weighted by molar-refractivity contribution is 6.06. The van der Waals surface area contributed by atoms with Crippen molar-refractivity contribution >= 4 is 27.8 Å². The summed E-state index contributed by atoms with van der Waals surface area (Å²) in [5.74, 6) is -0.654. The highest BCUT2D eigenvalue weighted by atomic mass is 16.1. The molecule has 0 spiro atoms. The second-order valence-corrected chi connectivity index (χ2v) is 9.00. The lowest BCUT2D eigenvalue weighted by Crippen LogP contribution is -2.49. The first kappa shape index (κ1) is 20.0. The molecular weight excluding hydrogens is 386 g/mol. The maximum Gasteiger partial charge on any atom is 0.228 e. The van der Waals surface area contributed by atoms with Crippen molar-refractivity contribution in [3.63, 3.8) is 0 Å². The predicted molar refractivity (Wildman–Crippen MR) is 125 cm³/mol. The third-order valence-corrected chi connectivity index (χ3v) is 6.75. The molecule has 0 saturated carbocycles. The number of likely N-dealkylation sites (N-methyl/N-ethyl adjacent to an activating group) is 1. The van der Waals surface area contributed by atoms with E-state index >= 15 is 0 Å². The Morgan fingerprint density at radius 3 is 2.58 bits per heavy atom. The van der Waals surface area contributed by atoms with Crippen LogP contribution in [0.25, 0.3) is 21.9 Å². The lowest BCUT2D eigenvalue weighted by Gasteiger charge is -2.40. The van der Waals surface area contributed by atoms with Gasteiger partial charge in [0.2, 0.25) is 5.91 Å². The van der Waals surface area contributed by atoms with E-state index in [0.29, 0.717) is 0 Å². The number of carbonyl (C=O) groups is 1. The van der Waals surface area contributed by atoms with Gasteiger partial charge >= 0.3 is 0 Å². The van der Waals surface area contributed by atoms with Gasteiger partial charge in [0.1, 0.15) is 5.65 Å². The van der Waals surface area contributed by atoms with Crippen LogP contribution in [-0.4, -0.2) is 65.4 Å². The second kappa shape index (κ2) is 7.62. The Balaban J connectivity index is 1.58. The number of piperazine rings is 1. The van der Waals surface area contributed by atoms with Crippen molar-refractivity contribution in [2.24, 2.45) is 11.7 Å². The van der Waals surface area contributed by atoms with Crippen LogP contribution in [0.5, 0.6) is 0 Å². The molecule has 5 rings (SSSR count). The molecule has 3 heterocycles. The summed E-state index contributed by atoms with van der Waals surface area (Å²) in [5, 5.41) is 2.31. The smallest absolute Gasteiger partial charge is 0.228 e. The zero-order valence-electron chi connectivity index (χ0n) is 18.1. The molecule has 0 atom stereocenters. The van der Waals surface area contributed by atoms with Crippen molar-refractivity contribution in [1.29, 1.82) is 0 Å². The van der Waals surface area contributed by atoms with Crippen LogP contribution in [0.1, 0.15) is 11.3 Å². The molecule has 0 bridgehead atoms. The van der Waals surface area contributed by atoms with Crippen LogP contribution in [0, 0.1) is 12.8 Å². The van der Waals surface area contributed by atoms with Gasteiger partial charge in [-0.15, -0.1) is 0 Å². The van der Waals surface area contributed by atoms with Crippen LogP contribution in [-0.2, 0) is 10.2 Å². The molecule has 31 heavy (non-hydrogen) atoms. The van der Waals surface area contributed by atoms with Crippen molar-refractivity contribution < 1.29 is 4.79 Å². The minimum Gasteiger partial charge on any atom is -0.369 e. The first-order valence-electron chi connectivity index (χ1n) is 10.9. The predicted octanol–water partition coefficient (Wildman–Crippen LogP) is 2.74. The van der Waals surface area contributed by atoms with Crippen LogP contribution < -0.4 is 5.73 Å². The Kier molecular flexibility index (Phi) is 4.91. The normalized spacial score (nSPS) is 24.9. The Morgan fingerprint density at radius 1 is 1.13 bits per heavy atom. The fourth-order valence-electron chi connectivity index (χ4n) is 4.79. The third kappa shape index (κ3) is 3.66. The maximum absolute atomic E-state index is 11.7. The Hall–Kier alpha value is -2.96. The average molecular weight is 416 g/mol. The second-order valence-electron chi connectivity index (χ2n) is 9.00. The number of carbonyl (C=O) groups excluding carboxylic acids is 1. The highest BCUT2D eigenvalue weighted by Crippen LogP contribution is 2.36. The number of nitrogens with one attached hydrogen (secondary N) is 1. The largest absolute Gasteiger partial charge is 0.369 e. The van der Waals surface area contributed by atoms with Gasteiger partial charge in [0.15, 0.2) is 0 Å². The number of H-pyrrole nitrogens is 1. The molecule has 6 nitrogen and oxygen atoms in total. The zero-order chi connectivity index (χ0) is 21.6. The van der Waals surface area contributed by atoms with E-state index in [1.807, 2.05) is 19.1 Å². The molecule has 3 N–H and O–H groups in total. The molecule has 1 amide bonds. The number of pyridine rings is 1. The van der Waals surface area contributed by atoms with Gasteiger partial charge < -0.3 is 15.6 Å². The standard InChI is InChI=1S/C25H29N5O/c1-17-3-5-20-21-15-19(4-6-22(21)28-24(20)27-17)25(9-7-18(8-10-25)23(26)31)16-30-13-11-29(2)12-14-30/h3-10,15,18H,11-14,16H2,1-2H3,(H2,26,31)(H,27,28). The number of fused-ring (bicyclic) bond motifs is 3. The summed E-state index contributed by atoms with van der Waals surface area (Å²) < 4.78 is 0. The van der Waals surface area contributed by atoms with E-state index in [1.54, 1.807) is 0 Å². The summed E-state index contributed by atoms with van der Waals surface area (Å²) in [6, 6.07) is 10.8. The average Bonchev–Trinajstić information content (AvgIpc) is 3.12. The van der Waals surface area contributed by atoms with E-state index in [2.05, 4.69) is 69.3 Å². The van der Waals surface area contributed by atoms with Gasteiger partial charge in [0.05, 0.1) is 5.92 Å². The molecule has 0 radical (unpaired) electrons. The number of hydrogen-bond acceptors (Lipinski definition) is 4. The van der Waals surface area contributed by atoms with E-state index in [-0.39, 0.29) is 17.2 Å². The van der Waals surface area contributed by atoms with Crippen LogP contribution >= 0.6 is 0 Å². The van der Waals surface area contributed by atoms with Gasteiger partial charge in [-0.3, -0.25) is 9.69 Å². The zero-order valence-corrected chi connectivity index (χ0v) is 18.1. The summed E-state index contributed by atoms with van der Waals surface area (Å²) in [4.78, 5) is 24.7. The quantitative estimate of drug-likeness (QED) is 0.643. The molecule has 3 aromatic rings. The highest BCUT2D eigenvalue weighted by Gasteiger charge is 2.33. The Morgan fingerprint density at radius 2 is 1.87 bits per heavy atom. The molecule has 2 aromatic heterocycles. The molecule has 1 fully saturated rings. The van der Waals surface area contributed by atoms with Gasteiger partial charge in [-0.25, -0.2) is 4.98 Å². The van der Waals surface area contributed by atoms with Crippen LogP contribution in [0.4, 0.5) is 0 Å². The first-order valence-corrected chi connectivity index (χ1v) is 10.9. The molecule has 2 aliphatic rings. The topological polar surface area (TPSA) is 78.2 Å². The number of benzene rings is 1. The molecule has 1 aromatic carbocycles. The Labute approximate surface area is 182 Å². The summed E-state index contributed by atoms with van der Waals surface area (Å²) in [6.07, 6.45) is 8.28. The molecule has 1 aliphatic carbocycles. The summed E-state index contributed by atoms with van der Waals surface area (Å²) in [6.45, 7) is 7.11. The van der Waals surface area contributed by atoms with Crippen molar-refractivity contribution in [1.82, 2.24) is 19.8 Å². The first-order chi connectivity index (χ1) is 14.9.